The van der Waals surface area contributed by atoms with Gasteiger partial charge in [0.2, 0.25) is 12.5 Å². The Bertz CT molecular complexity index is 1420. The second kappa shape index (κ2) is 10.7. The second-order valence-corrected chi connectivity index (χ2v) is 10.7. The average molecular weight is 495 g/mol. The van der Waals surface area contributed by atoms with Crippen molar-refractivity contribution in [3.63, 3.8) is 0 Å². The lowest BCUT2D eigenvalue weighted by molar-refractivity contribution is 0.0889. The van der Waals surface area contributed by atoms with Gasteiger partial charge in [-0.1, -0.05) is 51.0 Å². The van der Waals surface area contributed by atoms with Crippen LogP contribution in [0.1, 0.15) is 74.3 Å². The fourth-order valence-corrected chi connectivity index (χ4v) is 5.65. The minimum atomic E-state index is -0.300. The van der Waals surface area contributed by atoms with Crippen molar-refractivity contribution in [2.75, 3.05) is 6.54 Å². The molecule has 7 heteroatoms. The normalized spacial score (nSPS) is 15.8. The highest BCUT2D eigenvalue weighted by molar-refractivity contribution is 5.98. The maximum Gasteiger partial charge on any atom is 0.239 e. The Morgan fingerprint density at radius 2 is 1.86 bits per heavy atom. The number of hydrogen-bond donors (Lipinski definition) is 0. The molecule has 0 saturated heterocycles. The molecule has 1 aromatic carbocycles. The number of carbonyl (C=O) groups excluding carboxylic acids is 1. The van der Waals surface area contributed by atoms with Gasteiger partial charge in [-0.05, 0) is 55.2 Å². The molecular formula is C30H34N6O. The smallest absolute Gasteiger partial charge is 0.239 e. The summed E-state index contributed by atoms with van der Waals surface area (Å²) in [5.74, 6) is 0.765. The third-order valence-electron chi connectivity index (χ3n) is 7.65. The zero-order chi connectivity index (χ0) is 25.9. The van der Waals surface area contributed by atoms with Gasteiger partial charge in [-0.2, -0.15) is 5.10 Å². The van der Waals surface area contributed by atoms with Gasteiger partial charge in [-0.25, -0.2) is 16.5 Å². The predicted octanol–water partition coefficient (Wildman–Crippen LogP) is 6.59. The number of nitrogens with zero attached hydrogens (tertiary/aromatic N) is 6. The summed E-state index contributed by atoms with van der Waals surface area (Å²) in [6.07, 6.45) is 12.9. The minimum Gasteiger partial charge on any atom is -0.315 e. The van der Waals surface area contributed by atoms with Crippen LogP contribution in [0, 0.1) is 18.4 Å². The van der Waals surface area contributed by atoms with E-state index in [0.29, 0.717) is 24.0 Å². The summed E-state index contributed by atoms with van der Waals surface area (Å²) in [6, 6.07) is 10.4. The van der Waals surface area contributed by atoms with Crippen LogP contribution in [-0.2, 0) is 6.42 Å². The van der Waals surface area contributed by atoms with Crippen LogP contribution in [0.15, 0.2) is 55.2 Å². The summed E-state index contributed by atoms with van der Waals surface area (Å²) in [4.78, 5) is 26.2. The van der Waals surface area contributed by atoms with E-state index in [-0.39, 0.29) is 17.9 Å². The number of aromatic nitrogens is 5. The Kier molecular flexibility index (Phi) is 7.18. The molecule has 2 atom stereocenters. The van der Waals surface area contributed by atoms with Crippen molar-refractivity contribution in [2.45, 2.75) is 64.8 Å². The number of benzene rings is 1. The van der Waals surface area contributed by atoms with E-state index in [1.54, 1.807) is 10.8 Å². The van der Waals surface area contributed by atoms with Crippen LogP contribution in [-0.4, -0.2) is 36.8 Å². The van der Waals surface area contributed by atoms with Crippen LogP contribution in [0.5, 0.6) is 0 Å². The molecule has 0 bridgehead atoms. The Morgan fingerprint density at radius 3 is 2.57 bits per heavy atom. The first kappa shape index (κ1) is 24.9. The van der Waals surface area contributed by atoms with E-state index >= 15 is 0 Å². The summed E-state index contributed by atoms with van der Waals surface area (Å²) >= 11 is 0. The lowest BCUT2D eigenvalue weighted by Crippen LogP contribution is -2.20. The Hall–Kier alpha value is -3.79. The molecule has 3 heterocycles. The molecule has 1 aliphatic rings. The number of fused-ring (bicyclic) bond motifs is 1. The molecule has 1 fully saturated rings. The molecule has 0 spiro atoms. The van der Waals surface area contributed by atoms with Crippen LogP contribution in [0.4, 0.5) is 0 Å². The molecule has 1 unspecified atom stereocenters. The van der Waals surface area contributed by atoms with Crippen molar-refractivity contribution in [3.8, 4) is 11.3 Å². The molecule has 4 aromatic rings. The standard InChI is InChI=1S/C30H34N6O/c1-20(2)15-22-9-11-23(12-10-22)21(3)30(37)35-14-13-26-28(32-19-33-29(26)35)25-16-34-36(18-25)27(17-31-4)24-7-5-6-8-24/h9-14,16,18-21,24,27H,5-8,15,17H2,1-3H3/t21?,27-/m1/s1. The molecule has 0 radical (unpaired) electrons. The van der Waals surface area contributed by atoms with E-state index < -0.39 is 0 Å². The summed E-state index contributed by atoms with van der Waals surface area (Å²) < 4.78 is 3.59. The highest BCUT2D eigenvalue weighted by Crippen LogP contribution is 2.35. The van der Waals surface area contributed by atoms with E-state index in [0.717, 1.165) is 41.5 Å². The molecule has 3 aromatic heterocycles. The lowest BCUT2D eigenvalue weighted by Gasteiger charge is -2.18. The average Bonchev–Trinajstić information content (AvgIpc) is 3.67. The van der Waals surface area contributed by atoms with Crippen LogP contribution in [0.2, 0.25) is 0 Å². The molecule has 1 aliphatic carbocycles. The summed E-state index contributed by atoms with van der Waals surface area (Å²) in [5.41, 5.74) is 4.50. The second-order valence-electron chi connectivity index (χ2n) is 10.7. The van der Waals surface area contributed by atoms with Gasteiger partial charge >= 0.3 is 0 Å². The molecule has 37 heavy (non-hydrogen) atoms. The van der Waals surface area contributed by atoms with Gasteiger partial charge in [0, 0.05) is 23.3 Å². The van der Waals surface area contributed by atoms with Gasteiger partial charge in [-0.3, -0.25) is 14.0 Å². The maximum absolute atomic E-state index is 13.5. The summed E-state index contributed by atoms with van der Waals surface area (Å²) in [5, 5.41) is 5.45. The zero-order valence-corrected chi connectivity index (χ0v) is 21.8. The van der Waals surface area contributed by atoms with E-state index in [1.165, 1.54) is 24.7 Å². The fourth-order valence-electron chi connectivity index (χ4n) is 5.65. The summed E-state index contributed by atoms with van der Waals surface area (Å²) in [6.45, 7) is 14.2. The largest absolute Gasteiger partial charge is 0.315 e. The first-order valence-electron chi connectivity index (χ1n) is 13.3. The van der Waals surface area contributed by atoms with Gasteiger partial charge in [0.25, 0.3) is 0 Å². The van der Waals surface area contributed by atoms with Gasteiger partial charge < -0.3 is 4.85 Å². The van der Waals surface area contributed by atoms with E-state index in [9.17, 15) is 4.79 Å². The van der Waals surface area contributed by atoms with Crippen molar-refractivity contribution in [3.05, 3.63) is 77.8 Å². The lowest BCUT2D eigenvalue weighted by atomic mass is 9.96. The summed E-state index contributed by atoms with van der Waals surface area (Å²) in [7, 11) is 0. The fraction of sp³-hybridized carbons (Fsp3) is 0.433. The van der Waals surface area contributed by atoms with Crippen LogP contribution in [0.3, 0.4) is 0 Å². The molecule has 0 aliphatic heterocycles. The van der Waals surface area contributed by atoms with Crippen LogP contribution < -0.4 is 0 Å². The van der Waals surface area contributed by atoms with Gasteiger partial charge in [0.05, 0.1) is 17.8 Å². The third-order valence-corrected chi connectivity index (χ3v) is 7.65. The first-order chi connectivity index (χ1) is 18.0. The minimum absolute atomic E-state index is 0.0229. The van der Waals surface area contributed by atoms with Gasteiger partial charge in [0.1, 0.15) is 12.4 Å². The Labute approximate surface area is 218 Å². The van der Waals surface area contributed by atoms with E-state index in [1.807, 2.05) is 30.1 Å². The SMILES string of the molecule is [C-]#[N+]C[C@H](C1CCCC1)n1cc(-c2ncnc3c2ccn3C(=O)C(C)c2ccc(CC(C)C)cc2)cn1. The monoisotopic (exact) mass is 494 g/mol. The topological polar surface area (TPSA) is 70.0 Å². The van der Waals surface area contributed by atoms with Crippen molar-refractivity contribution < 1.29 is 4.79 Å². The quantitative estimate of drug-likeness (QED) is 0.259. The van der Waals surface area contributed by atoms with E-state index in [4.69, 9.17) is 6.57 Å². The number of carbonyl (C=O) groups is 1. The molecule has 5 rings (SSSR count). The highest BCUT2D eigenvalue weighted by Gasteiger charge is 2.30. The highest BCUT2D eigenvalue weighted by atomic mass is 16.2. The van der Waals surface area contributed by atoms with Crippen molar-refractivity contribution in [1.29, 1.82) is 0 Å². The molecular weight excluding hydrogens is 460 g/mol. The Balaban J connectivity index is 1.41. The molecule has 7 nitrogen and oxygen atoms in total. The molecule has 190 valence electrons. The third kappa shape index (κ3) is 5.06. The van der Waals surface area contributed by atoms with Crippen molar-refractivity contribution in [1.82, 2.24) is 24.3 Å². The predicted molar refractivity (Wildman–Crippen MR) is 145 cm³/mol. The zero-order valence-electron chi connectivity index (χ0n) is 21.8. The molecule has 0 amide bonds. The number of rotatable bonds is 8. The molecule has 1 saturated carbocycles. The van der Waals surface area contributed by atoms with Crippen molar-refractivity contribution >= 4 is 16.9 Å². The number of hydrogen-bond acceptors (Lipinski definition) is 4. The van der Waals surface area contributed by atoms with E-state index in [2.05, 4.69) is 58.0 Å². The molecule has 0 N–H and O–H groups in total. The Morgan fingerprint density at radius 1 is 1.11 bits per heavy atom. The van der Waals surface area contributed by atoms with Gasteiger partial charge in [-0.15, -0.1) is 0 Å². The van der Waals surface area contributed by atoms with Crippen molar-refractivity contribution in [2.24, 2.45) is 11.8 Å². The van der Waals surface area contributed by atoms with Crippen LogP contribution in [0.25, 0.3) is 27.1 Å². The van der Waals surface area contributed by atoms with Gasteiger partial charge in [0.15, 0.2) is 5.65 Å². The first-order valence-corrected chi connectivity index (χ1v) is 13.3. The maximum atomic E-state index is 13.5. The van der Waals surface area contributed by atoms with Crippen LogP contribution >= 0.6 is 0 Å².